The van der Waals surface area contributed by atoms with E-state index < -0.39 is 8.22 Å². The number of hydrogen-bond acceptors (Lipinski definition) is 3. The van der Waals surface area contributed by atoms with Crippen LogP contribution in [0.3, 0.4) is 0 Å². The van der Waals surface area contributed by atoms with E-state index in [1.165, 1.54) is 0 Å². The van der Waals surface area contributed by atoms with Gasteiger partial charge in [-0.1, -0.05) is 0 Å². The van der Waals surface area contributed by atoms with Crippen LogP contribution in [0.5, 0.6) is 0 Å². The minimum atomic E-state index is -1.04. The first-order valence-corrected chi connectivity index (χ1v) is 2.81. The minimum absolute atomic E-state index is 0.0741. The Morgan fingerprint density at radius 1 is 1.60 bits per heavy atom. The first kappa shape index (κ1) is 5.31. The van der Waals surface area contributed by atoms with E-state index in [2.05, 4.69) is 0 Å². The summed E-state index contributed by atoms with van der Waals surface area (Å²) in [5.41, 5.74) is 9.77. The summed E-state index contributed by atoms with van der Waals surface area (Å²) in [5, 5.41) is 7.92. The van der Waals surface area contributed by atoms with Crippen molar-refractivity contribution in [2.45, 2.75) is 0 Å². The van der Waals surface area contributed by atoms with Gasteiger partial charge in [0.1, 0.15) is 0 Å². The first-order chi connectivity index (χ1) is 2.27. The summed E-state index contributed by atoms with van der Waals surface area (Å²) in [6.07, 6.45) is -0.0741. The molecular formula is CH7N2OP. The summed E-state index contributed by atoms with van der Waals surface area (Å²) < 4.78 is 0. The lowest BCUT2D eigenvalue weighted by molar-refractivity contribution is 0.370. The fraction of sp³-hybridized carbons (Fsp3) is 1.00. The van der Waals surface area contributed by atoms with Crippen LogP contribution < -0.4 is 11.0 Å². The minimum Gasteiger partial charge on any atom is -0.389 e. The van der Waals surface area contributed by atoms with Gasteiger partial charge < -0.3 is 5.11 Å². The zero-order valence-electron chi connectivity index (χ0n) is 2.76. The molecule has 0 rings (SSSR count). The van der Waals surface area contributed by atoms with Gasteiger partial charge in [0.25, 0.3) is 0 Å². The monoisotopic (exact) mass is 94.0 g/mol. The molecule has 32 valence electrons. The maximum atomic E-state index is 7.92. The highest BCUT2D eigenvalue weighted by molar-refractivity contribution is 7.52. The Hall–Kier alpha value is 0.310. The third-order valence-corrected chi connectivity index (χ3v) is 0.490. The molecule has 3 nitrogen and oxygen atoms in total. The fourth-order valence-corrected chi connectivity index (χ4v) is 0. The Labute approximate surface area is 31.8 Å². The second kappa shape index (κ2) is 2.54. The number of rotatable bonds is 1. The average Bonchev–Trinajstić information content (AvgIpc) is 1.38. The highest BCUT2D eigenvalue weighted by atomic mass is 31.1. The van der Waals surface area contributed by atoms with Crippen molar-refractivity contribution in [2.75, 3.05) is 6.35 Å². The summed E-state index contributed by atoms with van der Waals surface area (Å²) in [6, 6.07) is 0. The summed E-state index contributed by atoms with van der Waals surface area (Å²) in [7, 11) is -1.04. The third-order valence-electron chi connectivity index (χ3n) is 0.163. The highest BCUT2D eigenvalue weighted by Crippen LogP contribution is 2.06. The molecule has 0 unspecified atom stereocenters. The van der Waals surface area contributed by atoms with Crippen molar-refractivity contribution in [3.63, 3.8) is 0 Å². The molecule has 0 saturated heterocycles. The van der Waals surface area contributed by atoms with Crippen LogP contribution in [0.4, 0.5) is 0 Å². The van der Waals surface area contributed by atoms with Crippen molar-refractivity contribution >= 4 is 8.22 Å². The second-order valence-corrected chi connectivity index (χ2v) is 1.97. The van der Waals surface area contributed by atoms with Crippen LogP contribution in [0.2, 0.25) is 0 Å². The van der Waals surface area contributed by atoms with Crippen LogP contribution in [-0.2, 0) is 0 Å². The van der Waals surface area contributed by atoms with E-state index in [1.54, 1.807) is 0 Å². The van der Waals surface area contributed by atoms with Gasteiger partial charge in [-0.05, 0) is 0 Å². The van der Waals surface area contributed by atoms with Crippen molar-refractivity contribution in [1.82, 2.24) is 0 Å². The number of hydrogen-bond donors (Lipinski definition) is 3. The van der Waals surface area contributed by atoms with Gasteiger partial charge in [-0.15, -0.1) is 0 Å². The molecule has 0 spiro atoms. The molecule has 5 heavy (non-hydrogen) atoms. The molecule has 0 aliphatic rings. The van der Waals surface area contributed by atoms with Gasteiger partial charge in [-0.2, -0.15) is 0 Å². The van der Waals surface area contributed by atoms with E-state index in [0.717, 1.165) is 0 Å². The second-order valence-electron chi connectivity index (χ2n) is 0.656. The molecule has 0 amide bonds. The summed E-state index contributed by atoms with van der Waals surface area (Å²) >= 11 is 0. The predicted molar refractivity (Wildman–Crippen MR) is 22.4 cm³/mol. The van der Waals surface area contributed by atoms with E-state index >= 15 is 0 Å². The lowest BCUT2D eigenvalue weighted by atomic mass is 11.7. The van der Waals surface area contributed by atoms with Crippen LogP contribution in [0.15, 0.2) is 0 Å². The van der Waals surface area contributed by atoms with Gasteiger partial charge in [0.05, 0.1) is 14.6 Å². The zero-order chi connectivity index (χ0) is 4.28. The molecule has 0 aromatic carbocycles. The molecule has 0 heterocycles. The molecule has 0 aromatic heterocycles. The number of aliphatic hydroxyl groups is 1. The highest BCUT2D eigenvalue weighted by Gasteiger charge is 1.80. The summed E-state index contributed by atoms with van der Waals surface area (Å²) in [5.74, 6) is 0. The van der Waals surface area contributed by atoms with Gasteiger partial charge in [0.15, 0.2) is 0 Å². The number of aliphatic hydroxyl groups excluding tert-OH is 1. The van der Waals surface area contributed by atoms with Gasteiger partial charge in [0, 0.05) is 0 Å². The molecular weight excluding hydrogens is 87.0 g/mol. The van der Waals surface area contributed by atoms with Crippen LogP contribution in [-0.4, -0.2) is 11.5 Å². The van der Waals surface area contributed by atoms with Gasteiger partial charge >= 0.3 is 0 Å². The molecule has 0 radical (unpaired) electrons. The van der Waals surface area contributed by atoms with Crippen LogP contribution in [0.25, 0.3) is 0 Å². The van der Waals surface area contributed by atoms with E-state index in [1.807, 2.05) is 0 Å². The maximum Gasteiger partial charge on any atom is 0.0892 e. The zero-order valence-corrected chi connectivity index (χ0v) is 3.65. The molecule has 0 aromatic rings. The van der Waals surface area contributed by atoms with Gasteiger partial charge in [-0.3, -0.25) is 11.0 Å². The van der Waals surface area contributed by atoms with Crippen molar-refractivity contribution < 1.29 is 5.11 Å². The van der Waals surface area contributed by atoms with E-state index in [4.69, 9.17) is 16.1 Å². The fourth-order valence-electron chi connectivity index (χ4n) is 0. The SMILES string of the molecule is NP(N)CO. The summed E-state index contributed by atoms with van der Waals surface area (Å²) in [6.45, 7) is 0. The topological polar surface area (TPSA) is 72.3 Å². The molecule has 0 aliphatic carbocycles. The Balaban J connectivity index is 2.54. The quantitative estimate of drug-likeness (QED) is 0.371. The standard InChI is InChI=1S/CH7N2OP/c2-5(3)1-4/h4H,1-3H2. The van der Waals surface area contributed by atoms with Crippen molar-refractivity contribution in [3.8, 4) is 0 Å². The van der Waals surface area contributed by atoms with Gasteiger partial charge in [0.2, 0.25) is 0 Å². The normalized spacial score (nSPS) is 9.60. The average molecular weight is 94.1 g/mol. The Morgan fingerprint density at radius 2 is 1.80 bits per heavy atom. The Morgan fingerprint density at radius 3 is 1.80 bits per heavy atom. The molecule has 0 aliphatic heterocycles. The Kier molecular flexibility index (Phi) is 2.70. The largest absolute Gasteiger partial charge is 0.389 e. The molecule has 0 bridgehead atoms. The van der Waals surface area contributed by atoms with Crippen molar-refractivity contribution in [1.29, 1.82) is 0 Å². The van der Waals surface area contributed by atoms with Crippen LogP contribution in [0.1, 0.15) is 0 Å². The molecule has 0 fully saturated rings. The number of nitrogens with two attached hydrogens (primary N) is 2. The van der Waals surface area contributed by atoms with Crippen LogP contribution >= 0.6 is 8.22 Å². The van der Waals surface area contributed by atoms with Crippen LogP contribution in [0, 0.1) is 0 Å². The lowest BCUT2D eigenvalue weighted by Crippen LogP contribution is -2.00. The predicted octanol–water partition coefficient (Wildman–Crippen LogP) is -0.835. The molecule has 5 N–H and O–H groups in total. The van der Waals surface area contributed by atoms with Gasteiger partial charge in [-0.25, -0.2) is 0 Å². The summed E-state index contributed by atoms with van der Waals surface area (Å²) in [4.78, 5) is 0. The van der Waals surface area contributed by atoms with E-state index in [-0.39, 0.29) is 6.35 Å². The maximum absolute atomic E-state index is 7.92. The smallest absolute Gasteiger partial charge is 0.0892 e. The van der Waals surface area contributed by atoms with Crippen molar-refractivity contribution in [3.05, 3.63) is 0 Å². The molecule has 0 saturated carbocycles. The molecule has 4 heteroatoms. The van der Waals surface area contributed by atoms with Crippen molar-refractivity contribution in [2.24, 2.45) is 11.0 Å². The molecule has 0 atom stereocenters. The first-order valence-electron chi connectivity index (χ1n) is 1.15. The third kappa shape index (κ3) is 4.31. The van der Waals surface area contributed by atoms with E-state index in [9.17, 15) is 0 Å². The lowest BCUT2D eigenvalue weighted by Gasteiger charge is -1.92. The van der Waals surface area contributed by atoms with E-state index in [0.29, 0.717) is 0 Å². The Bertz CT molecular complexity index is 23.6.